The largest absolute Gasteiger partial charge is 0.350 e. The molecule has 1 saturated heterocycles. The van der Waals surface area contributed by atoms with Gasteiger partial charge in [0.25, 0.3) is 0 Å². The molecule has 1 aromatic heterocycles. The molecule has 3 rings (SSSR count). The Morgan fingerprint density at radius 1 is 1.19 bits per heavy atom. The molecule has 0 atom stereocenters. The summed E-state index contributed by atoms with van der Waals surface area (Å²) in [5.41, 5.74) is 1.49. The number of carbonyl (C=O) groups excluding carboxylic acids is 1. The number of nitrogens with one attached hydrogen (secondary N) is 1. The lowest BCUT2D eigenvalue weighted by molar-refractivity contribution is -0.117. The number of rotatable bonds is 5. The lowest BCUT2D eigenvalue weighted by Crippen LogP contribution is -2.43. The maximum Gasteiger partial charge on any atom is 0.244 e. The molecule has 1 fully saturated rings. The Hall–Kier alpha value is -2.60. The quantitative estimate of drug-likeness (QED) is 0.836. The molecular formula is C20H21F2N3O. The monoisotopic (exact) mass is 357 g/mol. The number of benzene rings is 1. The van der Waals surface area contributed by atoms with Gasteiger partial charge in [0.05, 0.1) is 5.69 Å². The Morgan fingerprint density at radius 2 is 2.00 bits per heavy atom. The van der Waals surface area contributed by atoms with Crippen LogP contribution in [0.2, 0.25) is 0 Å². The van der Waals surface area contributed by atoms with Crippen molar-refractivity contribution in [3.05, 3.63) is 71.6 Å². The zero-order valence-corrected chi connectivity index (χ0v) is 14.4. The zero-order chi connectivity index (χ0) is 18.4. The van der Waals surface area contributed by atoms with Crippen molar-refractivity contribution in [2.45, 2.75) is 25.4 Å². The van der Waals surface area contributed by atoms with Crippen LogP contribution >= 0.6 is 0 Å². The van der Waals surface area contributed by atoms with E-state index in [1.54, 1.807) is 18.3 Å². The summed E-state index contributed by atoms with van der Waals surface area (Å²) in [5, 5.41) is 3.00. The average Bonchev–Trinajstić information content (AvgIpc) is 2.65. The van der Waals surface area contributed by atoms with Gasteiger partial charge in [0, 0.05) is 37.9 Å². The third kappa shape index (κ3) is 5.20. The molecule has 0 unspecified atom stereocenters. The Bertz CT molecular complexity index is 772. The second kappa shape index (κ2) is 8.67. The number of piperidine rings is 1. The fourth-order valence-corrected chi connectivity index (χ4v) is 3.02. The molecule has 1 aromatic carbocycles. The minimum atomic E-state index is -0.825. The van der Waals surface area contributed by atoms with Crippen molar-refractivity contribution in [3.8, 4) is 0 Å². The van der Waals surface area contributed by atoms with E-state index in [9.17, 15) is 13.6 Å². The molecule has 1 N–H and O–H groups in total. The van der Waals surface area contributed by atoms with E-state index in [1.807, 2.05) is 18.2 Å². The van der Waals surface area contributed by atoms with Gasteiger partial charge in [-0.15, -0.1) is 0 Å². The number of amides is 1. The van der Waals surface area contributed by atoms with Crippen LogP contribution in [0, 0.1) is 11.6 Å². The molecule has 2 aromatic rings. The fourth-order valence-electron chi connectivity index (χ4n) is 3.02. The molecule has 0 saturated carbocycles. The number of nitrogens with zero attached hydrogens (tertiary/aromatic N) is 2. The number of hydrogen-bond donors (Lipinski definition) is 1. The van der Waals surface area contributed by atoms with Gasteiger partial charge >= 0.3 is 0 Å². The first-order valence-electron chi connectivity index (χ1n) is 8.66. The van der Waals surface area contributed by atoms with Gasteiger partial charge in [0.2, 0.25) is 5.91 Å². The molecule has 0 radical (unpaired) electrons. The van der Waals surface area contributed by atoms with E-state index in [0.29, 0.717) is 6.54 Å². The van der Waals surface area contributed by atoms with E-state index in [0.717, 1.165) is 43.3 Å². The van der Waals surface area contributed by atoms with Crippen LogP contribution in [0.3, 0.4) is 0 Å². The highest BCUT2D eigenvalue weighted by Crippen LogP contribution is 2.16. The van der Waals surface area contributed by atoms with Crippen molar-refractivity contribution in [1.82, 2.24) is 15.2 Å². The molecule has 0 spiro atoms. The number of likely N-dealkylation sites (tertiary alicyclic amines) is 1. The maximum absolute atomic E-state index is 13.3. The van der Waals surface area contributed by atoms with Crippen LogP contribution in [0.1, 0.15) is 24.1 Å². The summed E-state index contributed by atoms with van der Waals surface area (Å²) < 4.78 is 26.3. The van der Waals surface area contributed by atoms with E-state index >= 15 is 0 Å². The third-order valence-corrected chi connectivity index (χ3v) is 4.42. The number of carbonyl (C=O) groups is 1. The zero-order valence-electron chi connectivity index (χ0n) is 14.4. The molecule has 6 heteroatoms. The van der Waals surface area contributed by atoms with Crippen LogP contribution in [0.5, 0.6) is 0 Å². The fraction of sp³-hybridized carbons (Fsp3) is 0.300. The first-order chi connectivity index (χ1) is 12.6. The van der Waals surface area contributed by atoms with Gasteiger partial charge in [-0.1, -0.05) is 12.1 Å². The first-order valence-corrected chi connectivity index (χ1v) is 8.66. The summed E-state index contributed by atoms with van der Waals surface area (Å²) in [6.07, 6.45) is 6.52. The molecule has 1 aliphatic rings. The Labute approximate surface area is 151 Å². The summed E-state index contributed by atoms with van der Waals surface area (Å²) in [5.74, 6) is -1.77. The number of pyridine rings is 1. The maximum atomic E-state index is 13.3. The lowest BCUT2D eigenvalue weighted by Gasteiger charge is -2.32. The van der Waals surface area contributed by atoms with Gasteiger partial charge in [-0.25, -0.2) is 8.78 Å². The van der Waals surface area contributed by atoms with E-state index < -0.39 is 11.6 Å². The van der Waals surface area contributed by atoms with Crippen molar-refractivity contribution >= 4 is 12.0 Å². The molecule has 136 valence electrons. The van der Waals surface area contributed by atoms with E-state index in [4.69, 9.17) is 0 Å². The third-order valence-electron chi connectivity index (χ3n) is 4.42. The molecule has 4 nitrogen and oxygen atoms in total. The minimum absolute atomic E-state index is 0.122. The minimum Gasteiger partial charge on any atom is -0.350 e. The van der Waals surface area contributed by atoms with E-state index in [2.05, 4.69) is 15.2 Å². The second-order valence-corrected chi connectivity index (χ2v) is 6.40. The summed E-state index contributed by atoms with van der Waals surface area (Å²) in [6.45, 7) is 2.18. The predicted octanol–water partition coefficient (Wildman–Crippen LogP) is 3.15. The van der Waals surface area contributed by atoms with Gasteiger partial charge in [0.1, 0.15) is 0 Å². The van der Waals surface area contributed by atoms with E-state index in [1.165, 1.54) is 12.1 Å². The van der Waals surface area contributed by atoms with Crippen LogP contribution < -0.4 is 5.32 Å². The van der Waals surface area contributed by atoms with Crippen molar-refractivity contribution in [2.75, 3.05) is 13.1 Å². The highest BCUT2D eigenvalue weighted by atomic mass is 19.2. The van der Waals surface area contributed by atoms with Crippen LogP contribution in [0.25, 0.3) is 6.08 Å². The van der Waals surface area contributed by atoms with Gasteiger partial charge in [-0.2, -0.15) is 0 Å². The summed E-state index contributed by atoms with van der Waals surface area (Å²) in [6, 6.07) is 9.66. The molecule has 0 aliphatic carbocycles. The SMILES string of the molecule is O=C(C=Cc1ccccn1)NC1CCN(Cc2ccc(F)c(F)c2)CC1. The first kappa shape index (κ1) is 18.2. The summed E-state index contributed by atoms with van der Waals surface area (Å²) in [7, 11) is 0. The Morgan fingerprint density at radius 3 is 2.69 bits per heavy atom. The summed E-state index contributed by atoms with van der Waals surface area (Å²) >= 11 is 0. The lowest BCUT2D eigenvalue weighted by atomic mass is 10.0. The van der Waals surface area contributed by atoms with Crippen molar-refractivity contribution in [2.24, 2.45) is 0 Å². The van der Waals surface area contributed by atoms with Crippen molar-refractivity contribution in [1.29, 1.82) is 0 Å². The van der Waals surface area contributed by atoms with Crippen LogP contribution in [0.15, 0.2) is 48.7 Å². The molecule has 1 amide bonds. The van der Waals surface area contributed by atoms with Crippen LogP contribution in [0.4, 0.5) is 8.78 Å². The van der Waals surface area contributed by atoms with Gasteiger partial charge in [0.15, 0.2) is 11.6 Å². The van der Waals surface area contributed by atoms with Gasteiger partial charge in [-0.3, -0.25) is 14.7 Å². The average molecular weight is 357 g/mol. The topological polar surface area (TPSA) is 45.2 Å². The molecule has 2 heterocycles. The highest BCUT2D eigenvalue weighted by Gasteiger charge is 2.20. The Balaban J connectivity index is 1.44. The van der Waals surface area contributed by atoms with Crippen molar-refractivity contribution < 1.29 is 13.6 Å². The molecule has 0 bridgehead atoms. The smallest absolute Gasteiger partial charge is 0.244 e. The number of halogens is 2. The standard InChI is InChI=1S/C20H21F2N3O/c21-18-6-4-15(13-19(18)22)14-25-11-8-17(9-12-25)24-20(26)7-5-16-3-1-2-10-23-16/h1-7,10,13,17H,8-9,11-12,14H2,(H,24,26). The highest BCUT2D eigenvalue weighted by molar-refractivity contribution is 5.91. The summed E-state index contributed by atoms with van der Waals surface area (Å²) in [4.78, 5) is 18.3. The molecule has 1 aliphatic heterocycles. The van der Waals surface area contributed by atoms with Gasteiger partial charge < -0.3 is 5.32 Å². The molecule has 26 heavy (non-hydrogen) atoms. The Kier molecular flexibility index (Phi) is 6.07. The molecular weight excluding hydrogens is 336 g/mol. The van der Waals surface area contributed by atoms with Crippen LogP contribution in [-0.2, 0) is 11.3 Å². The van der Waals surface area contributed by atoms with Crippen molar-refractivity contribution in [3.63, 3.8) is 0 Å². The number of hydrogen-bond acceptors (Lipinski definition) is 3. The van der Waals surface area contributed by atoms with Gasteiger partial charge in [-0.05, 0) is 48.7 Å². The van der Waals surface area contributed by atoms with Crippen LogP contribution in [-0.4, -0.2) is 34.9 Å². The predicted molar refractivity (Wildman–Crippen MR) is 96.1 cm³/mol. The van der Waals surface area contributed by atoms with E-state index in [-0.39, 0.29) is 11.9 Å². The normalized spacial score (nSPS) is 16.1. The number of aromatic nitrogens is 1. The second-order valence-electron chi connectivity index (χ2n) is 6.40.